The number of hydrogen-bond acceptors (Lipinski definition) is 2. The molecule has 0 aliphatic heterocycles. The van der Waals surface area contributed by atoms with Crippen LogP contribution in [0.3, 0.4) is 0 Å². The average molecular weight is 264 g/mol. The molecule has 3 heteroatoms. The van der Waals surface area contributed by atoms with Crippen LogP contribution in [0.5, 0.6) is 0 Å². The van der Waals surface area contributed by atoms with Crippen LogP contribution in [0.25, 0.3) is 0 Å². The zero-order chi connectivity index (χ0) is 14.0. The third-order valence-electron chi connectivity index (χ3n) is 4.34. The van der Waals surface area contributed by atoms with Gasteiger partial charge in [0.25, 0.3) is 0 Å². The second-order valence-corrected chi connectivity index (χ2v) is 5.98. The van der Waals surface area contributed by atoms with Crippen molar-refractivity contribution in [2.75, 3.05) is 13.6 Å². The van der Waals surface area contributed by atoms with E-state index in [0.29, 0.717) is 0 Å². The van der Waals surface area contributed by atoms with Crippen LogP contribution in [0.15, 0.2) is 24.3 Å². The molecule has 1 aliphatic carbocycles. The summed E-state index contributed by atoms with van der Waals surface area (Å²) in [4.78, 5) is 2.30. The highest BCUT2D eigenvalue weighted by Gasteiger charge is 2.35. The fourth-order valence-corrected chi connectivity index (χ4v) is 2.88. The number of nitrogens with two attached hydrogens (primary N) is 1. The lowest BCUT2D eigenvalue weighted by molar-refractivity contribution is 0.199. The molecule has 1 aromatic rings. The SMILES string of the molecule is CCC(N)C(c1cccc(F)c1)N(C)CC1CC1C. The fourth-order valence-electron chi connectivity index (χ4n) is 2.88. The Bertz CT molecular complexity index is 421. The van der Waals surface area contributed by atoms with Crippen LogP contribution >= 0.6 is 0 Å². The van der Waals surface area contributed by atoms with Gasteiger partial charge in [0.05, 0.1) is 0 Å². The van der Waals surface area contributed by atoms with Gasteiger partial charge in [-0.2, -0.15) is 0 Å². The van der Waals surface area contributed by atoms with Crippen molar-refractivity contribution in [1.29, 1.82) is 0 Å². The largest absolute Gasteiger partial charge is 0.326 e. The van der Waals surface area contributed by atoms with E-state index in [2.05, 4.69) is 25.8 Å². The molecule has 0 heterocycles. The molecule has 0 saturated heterocycles. The van der Waals surface area contributed by atoms with Gasteiger partial charge in [-0.1, -0.05) is 26.0 Å². The Balaban J connectivity index is 2.15. The van der Waals surface area contributed by atoms with Gasteiger partial charge in [-0.15, -0.1) is 0 Å². The monoisotopic (exact) mass is 264 g/mol. The first kappa shape index (κ1) is 14.5. The zero-order valence-corrected chi connectivity index (χ0v) is 12.1. The third-order valence-corrected chi connectivity index (χ3v) is 4.34. The number of halogens is 1. The molecular formula is C16H25FN2. The van der Waals surface area contributed by atoms with E-state index in [4.69, 9.17) is 5.73 Å². The summed E-state index contributed by atoms with van der Waals surface area (Å²) < 4.78 is 13.4. The Morgan fingerprint density at radius 1 is 1.47 bits per heavy atom. The van der Waals surface area contributed by atoms with E-state index in [-0.39, 0.29) is 17.9 Å². The molecule has 0 aromatic heterocycles. The van der Waals surface area contributed by atoms with Crippen LogP contribution in [-0.2, 0) is 0 Å². The predicted octanol–water partition coefficient (Wildman–Crippen LogP) is 3.19. The molecule has 1 aliphatic rings. The van der Waals surface area contributed by atoms with E-state index in [1.165, 1.54) is 12.5 Å². The first-order valence-corrected chi connectivity index (χ1v) is 7.24. The van der Waals surface area contributed by atoms with E-state index in [1.54, 1.807) is 12.1 Å². The summed E-state index contributed by atoms with van der Waals surface area (Å²) in [6.45, 7) is 5.43. The van der Waals surface area contributed by atoms with Crippen LogP contribution in [0.4, 0.5) is 4.39 Å². The number of likely N-dealkylation sites (N-methyl/N-ethyl adjacent to an activating group) is 1. The lowest BCUT2D eigenvalue weighted by atomic mass is 9.96. The van der Waals surface area contributed by atoms with Crippen LogP contribution in [0.1, 0.15) is 38.3 Å². The third kappa shape index (κ3) is 3.54. The van der Waals surface area contributed by atoms with Crippen LogP contribution in [-0.4, -0.2) is 24.5 Å². The molecule has 0 radical (unpaired) electrons. The van der Waals surface area contributed by atoms with E-state index < -0.39 is 0 Å². The molecule has 1 fully saturated rings. The second kappa shape index (κ2) is 6.02. The van der Waals surface area contributed by atoms with Gasteiger partial charge in [0.15, 0.2) is 0 Å². The number of benzene rings is 1. The maximum Gasteiger partial charge on any atom is 0.123 e. The van der Waals surface area contributed by atoms with E-state index in [0.717, 1.165) is 30.4 Å². The molecule has 2 N–H and O–H groups in total. The van der Waals surface area contributed by atoms with Gasteiger partial charge in [-0.3, -0.25) is 4.90 Å². The minimum absolute atomic E-state index is 0.0425. The molecule has 0 spiro atoms. The van der Waals surface area contributed by atoms with Crippen LogP contribution < -0.4 is 5.73 Å². The number of rotatable bonds is 6. The van der Waals surface area contributed by atoms with E-state index >= 15 is 0 Å². The summed E-state index contributed by atoms with van der Waals surface area (Å²) in [7, 11) is 2.11. The van der Waals surface area contributed by atoms with Gasteiger partial charge in [-0.25, -0.2) is 4.39 Å². The molecular weight excluding hydrogens is 239 g/mol. The van der Waals surface area contributed by atoms with Crippen molar-refractivity contribution in [1.82, 2.24) is 4.90 Å². The quantitative estimate of drug-likeness (QED) is 0.855. The zero-order valence-electron chi connectivity index (χ0n) is 12.1. The van der Waals surface area contributed by atoms with Crippen molar-refractivity contribution in [2.45, 2.75) is 38.8 Å². The van der Waals surface area contributed by atoms with Crippen molar-refractivity contribution in [3.8, 4) is 0 Å². The number of hydrogen-bond donors (Lipinski definition) is 1. The van der Waals surface area contributed by atoms with E-state index in [9.17, 15) is 4.39 Å². The maximum absolute atomic E-state index is 13.4. The van der Waals surface area contributed by atoms with Gasteiger partial charge in [0.1, 0.15) is 5.82 Å². The summed E-state index contributed by atoms with van der Waals surface area (Å²) in [6.07, 6.45) is 2.20. The lowest BCUT2D eigenvalue weighted by Gasteiger charge is -2.33. The highest BCUT2D eigenvalue weighted by atomic mass is 19.1. The van der Waals surface area contributed by atoms with Crippen molar-refractivity contribution in [2.24, 2.45) is 17.6 Å². The maximum atomic E-state index is 13.4. The van der Waals surface area contributed by atoms with Gasteiger partial charge < -0.3 is 5.73 Å². The van der Waals surface area contributed by atoms with Crippen LogP contribution in [0, 0.1) is 17.7 Å². The molecule has 2 nitrogen and oxygen atoms in total. The highest BCUT2D eigenvalue weighted by Crippen LogP contribution is 2.39. The van der Waals surface area contributed by atoms with Gasteiger partial charge >= 0.3 is 0 Å². The van der Waals surface area contributed by atoms with Crippen molar-refractivity contribution in [3.63, 3.8) is 0 Å². The predicted molar refractivity (Wildman–Crippen MR) is 77.3 cm³/mol. The molecule has 4 atom stereocenters. The Morgan fingerprint density at radius 3 is 2.68 bits per heavy atom. The normalized spacial score (nSPS) is 25.4. The molecule has 4 unspecified atom stereocenters. The minimum Gasteiger partial charge on any atom is -0.326 e. The smallest absolute Gasteiger partial charge is 0.123 e. The molecule has 0 bridgehead atoms. The van der Waals surface area contributed by atoms with Crippen molar-refractivity contribution in [3.05, 3.63) is 35.6 Å². The number of nitrogens with zero attached hydrogens (tertiary/aromatic N) is 1. The first-order chi connectivity index (χ1) is 9.02. The summed E-state index contributed by atoms with van der Waals surface area (Å²) in [5.41, 5.74) is 7.26. The van der Waals surface area contributed by atoms with E-state index in [1.807, 2.05) is 6.07 Å². The minimum atomic E-state index is -0.181. The summed E-state index contributed by atoms with van der Waals surface area (Å²) in [5.74, 6) is 1.43. The van der Waals surface area contributed by atoms with Gasteiger partial charge in [0, 0.05) is 18.6 Å². The molecule has 0 amide bonds. The summed E-state index contributed by atoms with van der Waals surface area (Å²) >= 11 is 0. The highest BCUT2D eigenvalue weighted by molar-refractivity contribution is 5.22. The molecule has 106 valence electrons. The fraction of sp³-hybridized carbons (Fsp3) is 0.625. The average Bonchev–Trinajstić information content (AvgIpc) is 3.04. The summed E-state index contributed by atoms with van der Waals surface area (Å²) in [5, 5.41) is 0. The lowest BCUT2D eigenvalue weighted by Crippen LogP contribution is -2.39. The van der Waals surface area contributed by atoms with Crippen LogP contribution in [0.2, 0.25) is 0 Å². The molecule has 2 rings (SSSR count). The topological polar surface area (TPSA) is 29.3 Å². The molecule has 1 saturated carbocycles. The molecule has 1 aromatic carbocycles. The standard InChI is InChI=1S/C16H25FN2/c1-4-15(18)16(12-6-5-7-14(17)9-12)19(3)10-13-8-11(13)2/h5-7,9,11,13,15-16H,4,8,10,18H2,1-3H3. The Hall–Kier alpha value is -0.930. The van der Waals surface area contributed by atoms with Gasteiger partial charge in [-0.05, 0) is 49.4 Å². The van der Waals surface area contributed by atoms with Gasteiger partial charge in [0.2, 0.25) is 0 Å². The first-order valence-electron chi connectivity index (χ1n) is 7.24. The Labute approximate surface area is 115 Å². The van der Waals surface area contributed by atoms with Crippen molar-refractivity contribution >= 4 is 0 Å². The molecule has 19 heavy (non-hydrogen) atoms. The Kier molecular flexibility index (Phi) is 4.58. The second-order valence-electron chi connectivity index (χ2n) is 5.98. The Morgan fingerprint density at radius 2 is 2.16 bits per heavy atom. The van der Waals surface area contributed by atoms with Crippen molar-refractivity contribution < 1.29 is 4.39 Å². The summed E-state index contributed by atoms with van der Waals surface area (Å²) in [6, 6.07) is 7.01.